The van der Waals surface area contributed by atoms with Crippen molar-refractivity contribution in [1.29, 1.82) is 0 Å². The van der Waals surface area contributed by atoms with Gasteiger partial charge in [0.2, 0.25) is 11.9 Å². The first kappa shape index (κ1) is 13.5. The Morgan fingerprint density at radius 3 is 2.79 bits per heavy atom. The number of halogens is 1. The van der Waals surface area contributed by atoms with Crippen LogP contribution in [0.3, 0.4) is 0 Å². The number of methoxy groups -OCH3 is 1. The quantitative estimate of drug-likeness (QED) is 0.939. The van der Waals surface area contributed by atoms with Crippen LogP contribution in [0.1, 0.15) is 5.56 Å². The van der Waals surface area contributed by atoms with Gasteiger partial charge in [0.25, 0.3) is 0 Å². The molecule has 0 radical (unpaired) electrons. The van der Waals surface area contributed by atoms with Crippen LogP contribution in [0.5, 0.6) is 5.75 Å². The van der Waals surface area contributed by atoms with E-state index in [1.807, 2.05) is 18.2 Å². The van der Waals surface area contributed by atoms with Gasteiger partial charge >= 0.3 is 0 Å². The monoisotopic (exact) mass is 321 g/mol. The second-order valence-electron chi connectivity index (χ2n) is 3.75. The van der Waals surface area contributed by atoms with E-state index >= 15 is 0 Å². The Labute approximate surface area is 119 Å². The zero-order valence-corrected chi connectivity index (χ0v) is 11.8. The van der Waals surface area contributed by atoms with Gasteiger partial charge in [-0.1, -0.05) is 15.9 Å². The molecule has 0 atom stereocenters. The Kier molecular flexibility index (Phi) is 4.46. The first-order chi connectivity index (χ1) is 9.19. The third kappa shape index (κ3) is 3.75. The molecule has 6 heteroatoms. The van der Waals surface area contributed by atoms with Gasteiger partial charge in [0, 0.05) is 22.4 Å². The summed E-state index contributed by atoms with van der Waals surface area (Å²) in [6.45, 7) is 0. The minimum Gasteiger partial charge on any atom is -0.496 e. The summed E-state index contributed by atoms with van der Waals surface area (Å²) in [5.41, 5.74) is 0.797. The second kappa shape index (κ2) is 6.29. The number of carbonyl (C=O) groups is 1. The summed E-state index contributed by atoms with van der Waals surface area (Å²) in [6.07, 6.45) is 3.34. The van der Waals surface area contributed by atoms with Crippen molar-refractivity contribution < 1.29 is 9.53 Å². The lowest BCUT2D eigenvalue weighted by atomic mass is 10.1. The van der Waals surface area contributed by atoms with Crippen LogP contribution in [0.2, 0.25) is 0 Å². The highest BCUT2D eigenvalue weighted by Gasteiger charge is 2.10. The van der Waals surface area contributed by atoms with E-state index in [4.69, 9.17) is 4.74 Å². The second-order valence-corrected chi connectivity index (χ2v) is 4.67. The van der Waals surface area contributed by atoms with Crippen molar-refractivity contribution >= 4 is 27.8 Å². The van der Waals surface area contributed by atoms with E-state index in [1.54, 1.807) is 25.6 Å². The molecular weight excluding hydrogens is 310 g/mol. The van der Waals surface area contributed by atoms with Crippen LogP contribution in [-0.4, -0.2) is 23.0 Å². The predicted octanol–water partition coefficient (Wildman–Crippen LogP) is 2.43. The van der Waals surface area contributed by atoms with Crippen LogP contribution in [0.4, 0.5) is 5.95 Å². The molecule has 0 aliphatic rings. The minimum absolute atomic E-state index is 0.192. The fraction of sp³-hybridized carbons (Fsp3) is 0.154. The van der Waals surface area contributed by atoms with Gasteiger partial charge in [-0.25, -0.2) is 9.97 Å². The number of ether oxygens (including phenoxy) is 1. The third-order valence-electron chi connectivity index (χ3n) is 2.41. The lowest BCUT2D eigenvalue weighted by Crippen LogP contribution is -2.16. The number of benzene rings is 1. The summed E-state index contributed by atoms with van der Waals surface area (Å²) in [7, 11) is 1.57. The Balaban J connectivity index is 2.09. The van der Waals surface area contributed by atoms with Gasteiger partial charge in [0.1, 0.15) is 5.75 Å². The van der Waals surface area contributed by atoms with Crippen LogP contribution in [0, 0.1) is 0 Å². The molecule has 19 heavy (non-hydrogen) atoms. The fourth-order valence-electron chi connectivity index (χ4n) is 1.59. The number of hydrogen-bond donors (Lipinski definition) is 1. The molecule has 0 fully saturated rings. The smallest absolute Gasteiger partial charge is 0.231 e. The standard InChI is InChI=1S/C13H12BrN3O2/c1-19-11-4-3-10(14)7-9(11)8-12(18)17-13-15-5-2-6-16-13/h2-7H,8H2,1H3,(H,15,16,17,18). The molecule has 1 aromatic heterocycles. The lowest BCUT2D eigenvalue weighted by molar-refractivity contribution is -0.115. The molecule has 0 bridgehead atoms. The molecule has 1 aromatic carbocycles. The molecule has 0 aliphatic heterocycles. The fourth-order valence-corrected chi connectivity index (χ4v) is 2.00. The normalized spacial score (nSPS) is 10.0. The highest BCUT2D eigenvalue weighted by molar-refractivity contribution is 9.10. The lowest BCUT2D eigenvalue weighted by Gasteiger charge is -2.08. The number of amides is 1. The average Bonchev–Trinajstić information content (AvgIpc) is 2.40. The molecular formula is C13H12BrN3O2. The van der Waals surface area contributed by atoms with Crippen molar-refractivity contribution in [3.05, 3.63) is 46.7 Å². The Bertz CT molecular complexity index is 575. The maximum atomic E-state index is 11.9. The molecule has 0 aliphatic carbocycles. The Morgan fingerprint density at radius 2 is 2.11 bits per heavy atom. The zero-order valence-electron chi connectivity index (χ0n) is 10.3. The van der Waals surface area contributed by atoms with E-state index in [-0.39, 0.29) is 12.3 Å². The molecule has 1 amide bonds. The van der Waals surface area contributed by atoms with Crippen molar-refractivity contribution in [2.24, 2.45) is 0 Å². The summed E-state index contributed by atoms with van der Waals surface area (Å²) in [5.74, 6) is 0.774. The Hall–Kier alpha value is -1.95. The summed E-state index contributed by atoms with van der Waals surface area (Å²) in [6, 6.07) is 7.21. The predicted molar refractivity (Wildman–Crippen MR) is 75.1 cm³/mol. The van der Waals surface area contributed by atoms with Crippen LogP contribution >= 0.6 is 15.9 Å². The first-order valence-corrected chi connectivity index (χ1v) is 6.37. The molecule has 2 rings (SSSR count). The number of aromatic nitrogens is 2. The molecule has 0 saturated heterocycles. The van der Waals surface area contributed by atoms with Crippen LogP contribution in [0.15, 0.2) is 41.1 Å². The largest absolute Gasteiger partial charge is 0.496 e. The van der Waals surface area contributed by atoms with Crippen LogP contribution < -0.4 is 10.1 Å². The molecule has 0 spiro atoms. The summed E-state index contributed by atoms with van der Waals surface area (Å²) >= 11 is 3.37. The van der Waals surface area contributed by atoms with Gasteiger partial charge in [-0.15, -0.1) is 0 Å². The van der Waals surface area contributed by atoms with Gasteiger partial charge in [-0.3, -0.25) is 10.1 Å². The molecule has 0 saturated carbocycles. The van der Waals surface area contributed by atoms with E-state index in [0.717, 1.165) is 10.0 Å². The highest BCUT2D eigenvalue weighted by Crippen LogP contribution is 2.23. The van der Waals surface area contributed by atoms with Crippen LogP contribution in [0.25, 0.3) is 0 Å². The number of carbonyl (C=O) groups excluding carboxylic acids is 1. The zero-order chi connectivity index (χ0) is 13.7. The van der Waals surface area contributed by atoms with E-state index in [2.05, 4.69) is 31.2 Å². The van der Waals surface area contributed by atoms with Crippen molar-refractivity contribution in [2.75, 3.05) is 12.4 Å². The van der Waals surface area contributed by atoms with Crippen molar-refractivity contribution in [2.45, 2.75) is 6.42 Å². The minimum atomic E-state index is -0.192. The topological polar surface area (TPSA) is 64.1 Å². The molecule has 0 unspecified atom stereocenters. The van der Waals surface area contributed by atoms with E-state index in [1.165, 1.54) is 0 Å². The maximum absolute atomic E-state index is 11.9. The van der Waals surface area contributed by atoms with Gasteiger partial charge in [-0.2, -0.15) is 0 Å². The van der Waals surface area contributed by atoms with Gasteiger partial charge in [0.15, 0.2) is 0 Å². The van der Waals surface area contributed by atoms with E-state index < -0.39 is 0 Å². The van der Waals surface area contributed by atoms with Crippen molar-refractivity contribution in [3.63, 3.8) is 0 Å². The average molecular weight is 322 g/mol. The highest BCUT2D eigenvalue weighted by atomic mass is 79.9. The maximum Gasteiger partial charge on any atom is 0.231 e. The number of nitrogens with zero attached hydrogens (tertiary/aromatic N) is 2. The summed E-state index contributed by atoms with van der Waals surface area (Å²) in [4.78, 5) is 19.8. The van der Waals surface area contributed by atoms with Gasteiger partial charge in [0.05, 0.1) is 13.5 Å². The van der Waals surface area contributed by atoms with Gasteiger partial charge < -0.3 is 4.74 Å². The van der Waals surface area contributed by atoms with Gasteiger partial charge in [-0.05, 0) is 24.3 Å². The van der Waals surface area contributed by atoms with Crippen molar-refractivity contribution in [1.82, 2.24) is 9.97 Å². The van der Waals surface area contributed by atoms with E-state index in [9.17, 15) is 4.79 Å². The molecule has 98 valence electrons. The summed E-state index contributed by atoms with van der Waals surface area (Å²) in [5, 5.41) is 2.63. The van der Waals surface area contributed by atoms with Crippen LogP contribution in [-0.2, 0) is 11.2 Å². The molecule has 1 heterocycles. The molecule has 5 nitrogen and oxygen atoms in total. The molecule has 1 N–H and O–H groups in total. The van der Waals surface area contributed by atoms with Crippen molar-refractivity contribution in [3.8, 4) is 5.75 Å². The Morgan fingerprint density at radius 1 is 1.37 bits per heavy atom. The van der Waals surface area contributed by atoms with E-state index in [0.29, 0.717) is 11.7 Å². The third-order valence-corrected chi connectivity index (χ3v) is 2.90. The molecule has 2 aromatic rings. The number of hydrogen-bond acceptors (Lipinski definition) is 4. The first-order valence-electron chi connectivity index (χ1n) is 5.58. The number of rotatable bonds is 4. The number of nitrogens with one attached hydrogen (secondary N) is 1. The summed E-state index contributed by atoms with van der Waals surface area (Å²) < 4.78 is 6.11. The SMILES string of the molecule is COc1ccc(Br)cc1CC(=O)Nc1ncccn1. The number of anilines is 1.